The maximum Gasteiger partial charge on any atom is 0.114 e. The van der Waals surface area contributed by atoms with Crippen molar-refractivity contribution >= 4 is 0 Å². The lowest BCUT2D eigenvalue weighted by molar-refractivity contribution is 0.0817. The highest BCUT2D eigenvalue weighted by Crippen LogP contribution is 2.31. The Morgan fingerprint density at radius 1 is 1.88 bits per heavy atom. The molecule has 0 aromatic heterocycles. The van der Waals surface area contributed by atoms with Crippen molar-refractivity contribution in [3.8, 4) is 0 Å². The van der Waals surface area contributed by atoms with Gasteiger partial charge in [-0.15, -0.1) is 0 Å². The van der Waals surface area contributed by atoms with Crippen LogP contribution in [0.2, 0.25) is 0 Å². The number of aliphatic hydroxyl groups is 1. The maximum atomic E-state index is 9.13. The second-order valence-electron chi connectivity index (χ2n) is 2.53. The van der Waals surface area contributed by atoms with Gasteiger partial charge in [0.2, 0.25) is 0 Å². The minimum Gasteiger partial charge on any atom is -0.390 e. The molecule has 0 aliphatic carbocycles. The molecule has 1 aliphatic rings. The van der Waals surface area contributed by atoms with Crippen molar-refractivity contribution in [2.45, 2.75) is 32.0 Å². The molecule has 1 heterocycles. The molecule has 2 atom stereocenters. The van der Waals surface area contributed by atoms with Gasteiger partial charge in [0.05, 0.1) is 12.7 Å². The molecule has 2 nitrogen and oxygen atoms in total. The first-order valence-electron chi connectivity index (χ1n) is 3.01. The molecule has 1 fully saturated rings. The normalized spacial score (nSPS) is 39.4. The lowest BCUT2D eigenvalue weighted by Gasteiger charge is -2.10. The van der Waals surface area contributed by atoms with Crippen molar-refractivity contribution in [2.24, 2.45) is 0 Å². The van der Waals surface area contributed by atoms with Gasteiger partial charge in [0, 0.05) is 0 Å². The van der Waals surface area contributed by atoms with E-state index < -0.39 is 0 Å². The predicted octanol–water partition coefficient (Wildman–Crippen LogP) is 0.546. The molecule has 0 aromatic rings. The fourth-order valence-electron chi connectivity index (χ4n) is 0.738. The molecule has 48 valence electrons. The number of ether oxygens (including phenoxy) is 1. The quantitative estimate of drug-likeness (QED) is 0.534. The molecule has 1 saturated heterocycles. The molecule has 0 bridgehead atoms. The Morgan fingerprint density at radius 3 is 2.50 bits per heavy atom. The molecule has 1 N–H and O–H groups in total. The summed E-state index contributed by atoms with van der Waals surface area (Å²) in [4.78, 5) is 0. The summed E-state index contributed by atoms with van der Waals surface area (Å²) >= 11 is 0. The Bertz CT molecular complexity index is 86.5. The van der Waals surface area contributed by atoms with Crippen molar-refractivity contribution < 1.29 is 9.84 Å². The van der Waals surface area contributed by atoms with Crippen LogP contribution in [-0.4, -0.2) is 23.4 Å². The average molecular weight is 116 g/mol. The van der Waals surface area contributed by atoms with Gasteiger partial charge in [-0.25, -0.2) is 0 Å². The first-order valence-corrected chi connectivity index (χ1v) is 3.01. The molecule has 8 heavy (non-hydrogen) atoms. The SMILES string of the molecule is CC[C@H](O)[C@@]1(C)CO1. The highest BCUT2D eigenvalue weighted by atomic mass is 16.6. The van der Waals surface area contributed by atoms with Crippen molar-refractivity contribution in [3.63, 3.8) is 0 Å². The minimum atomic E-state index is -0.262. The molecule has 1 rings (SSSR count). The number of hydrogen-bond donors (Lipinski definition) is 1. The van der Waals surface area contributed by atoms with Crippen molar-refractivity contribution in [3.05, 3.63) is 0 Å². The van der Waals surface area contributed by atoms with Crippen LogP contribution in [0.3, 0.4) is 0 Å². The Morgan fingerprint density at radius 2 is 2.38 bits per heavy atom. The third kappa shape index (κ3) is 0.858. The summed E-state index contributed by atoms with van der Waals surface area (Å²) in [6, 6.07) is 0. The van der Waals surface area contributed by atoms with E-state index in [0.29, 0.717) is 0 Å². The summed E-state index contributed by atoms with van der Waals surface area (Å²) in [7, 11) is 0. The zero-order valence-electron chi connectivity index (χ0n) is 5.35. The Hall–Kier alpha value is -0.0800. The van der Waals surface area contributed by atoms with Crippen LogP contribution in [0, 0.1) is 0 Å². The lowest BCUT2D eigenvalue weighted by atomic mass is 10.0. The maximum absolute atomic E-state index is 9.13. The van der Waals surface area contributed by atoms with E-state index in [0.717, 1.165) is 13.0 Å². The number of hydrogen-bond acceptors (Lipinski definition) is 2. The third-order valence-electron chi connectivity index (χ3n) is 1.69. The highest BCUT2D eigenvalue weighted by Gasteiger charge is 2.45. The van der Waals surface area contributed by atoms with Crippen molar-refractivity contribution in [2.75, 3.05) is 6.61 Å². The minimum absolute atomic E-state index is 0.186. The standard InChI is InChI=1S/C6H12O2/c1-3-5(7)6(2)4-8-6/h5,7H,3-4H2,1-2H3/t5-,6+/m0/s1. The third-order valence-corrected chi connectivity index (χ3v) is 1.69. The lowest BCUT2D eigenvalue weighted by Crippen LogP contribution is -2.24. The van der Waals surface area contributed by atoms with Crippen LogP contribution in [0.1, 0.15) is 20.3 Å². The molecule has 0 spiro atoms. The van der Waals surface area contributed by atoms with Crippen LogP contribution < -0.4 is 0 Å². The van der Waals surface area contributed by atoms with Crippen LogP contribution in [0.25, 0.3) is 0 Å². The second kappa shape index (κ2) is 1.71. The van der Waals surface area contributed by atoms with Gasteiger partial charge in [0.15, 0.2) is 0 Å². The van der Waals surface area contributed by atoms with Crippen LogP contribution in [0.4, 0.5) is 0 Å². The largest absolute Gasteiger partial charge is 0.390 e. The van der Waals surface area contributed by atoms with E-state index in [2.05, 4.69) is 0 Å². The molecule has 0 unspecified atom stereocenters. The van der Waals surface area contributed by atoms with Gasteiger partial charge in [0.25, 0.3) is 0 Å². The molecule has 0 amide bonds. The van der Waals surface area contributed by atoms with Gasteiger partial charge in [-0.2, -0.15) is 0 Å². The number of aliphatic hydroxyl groups excluding tert-OH is 1. The summed E-state index contributed by atoms with van der Waals surface area (Å²) in [6.07, 6.45) is 0.527. The molecule has 0 saturated carbocycles. The second-order valence-corrected chi connectivity index (χ2v) is 2.53. The molecule has 1 aliphatic heterocycles. The van der Waals surface area contributed by atoms with E-state index in [4.69, 9.17) is 9.84 Å². The highest BCUT2D eigenvalue weighted by molar-refractivity contribution is 4.93. The first kappa shape index (κ1) is 6.05. The molecule has 0 radical (unpaired) electrons. The Labute approximate surface area is 49.5 Å². The molecular formula is C6H12O2. The Kier molecular flexibility index (Phi) is 1.29. The van der Waals surface area contributed by atoms with Gasteiger partial charge >= 0.3 is 0 Å². The zero-order chi connectivity index (χ0) is 6.20. The topological polar surface area (TPSA) is 32.8 Å². The number of rotatable bonds is 2. The van der Waals surface area contributed by atoms with Crippen LogP contribution >= 0.6 is 0 Å². The van der Waals surface area contributed by atoms with E-state index in [9.17, 15) is 0 Å². The van der Waals surface area contributed by atoms with Gasteiger partial charge in [-0.05, 0) is 13.3 Å². The van der Waals surface area contributed by atoms with Crippen molar-refractivity contribution in [1.29, 1.82) is 0 Å². The van der Waals surface area contributed by atoms with E-state index in [1.165, 1.54) is 0 Å². The van der Waals surface area contributed by atoms with Gasteiger partial charge in [-0.1, -0.05) is 6.92 Å². The summed E-state index contributed by atoms with van der Waals surface area (Å²) < 4.78 is 5.00. The molecule has 2 heteroatoms. The van der Waals surface area contributed by atoms with Gasteiger partial charge in [0.1, 0.15) is 5.60 Å². The van der Waals surface area contributed by atoms with Crippen LogP contribution in [0.5, 0.6) is 0 Å². The van der Waals surface area contributed by atoms with E-state index in [1.54, 1.807) is 0 Å². The summed E-state index contributed by atoms with van der Waals surface area (Å²) in [5.41, 5.74) is -0.186. The summed E-state index contributed by atoms with van der Waals surface area (Å²) in [6.45, 7) is 4.61. The predicted molar refractivity (Wildman–Crippen MR) is 30.7 cm³/mol. The Balaban J connectivity index is 2.34. The smallest absolute Gasteiger partial charge is 0.114 e. The monoisotopic (exact) mass is 116 g/mol. The zero-order valence-corrected chi connectivity index (χ0v) is 5.35. The molecular weight excluding hydrogens is 104 g/mol. The van der Waals surface area contributed by atoms with E-state index in [-0.39, 0.29) is 11.7 Å². The van der Waals surface area contributed by atoms with Gasteiger partial charge in [-0.3, -0.25) is 0 Å². The summed E-state index contributed by atoms with van der Waals surface area (Å²) in [5, 5.41) is 9.13. The first-order chi connectivity index (χ1) is 3.69. The fourth-order valence-corrected chi connectivity index (χ4v) is 0.738. The van der Waals surface area contributed by atoms with E-state index >= 15 is 0 Å². The van der Waals surface area contributed by atoms with E-state index in [1.807, 2.05) is 13.8 Å². The van der Waals surface area contributed by atoms with Crippen LogP contribution in [0.15, 0.2) is 0 Å². The molecule has 0 aromatic carbocycles. The number of epoxide rings is 1. The average Bonchev–Trinajstić information content (AvgIpc) is 2.47. The van der Waals surface area contributed by atoms with Crippen LogP contribution in [-0.2, 0) is 4.74 Å². The van der Waals surface area contributed by atoms with Gasteiger partial charge < -0.3 is 9.84 Å². The fraction of sp³-hybridized carbons (Fsp3) is 1.00. The summed E-state index contributed by atoms with van der Waals surface area (Å²) in [5.74, 6) is 0. The van der Waals surface area contributed by atoms with Crippen molar-refractivity contribution in [1.82, 2.24) is 0 Å².